The summed E-state index contributed by atoms with van der Waals surface area (Å²) in [4.78, 5) is 3.48. The van der Waals surface area contributed by atoms with Crippen molar-refractivity contribution in [1.29, 1.82) is 0 Å². The van der Waals surface area contributed by atoms with Crippen LogP contribution in [-0.4, -0.2) is 4.98 Å². The van der Waals surface area contributed by atoms with Gasteiger partial charge in [-0.15, -0.1) is 0 Å². The molecule has 1 heterocycles. The average molecular weight is 280 g/mol. The molecule has 101 valence electrons. The molecule has 0 unspecified atom stereocenters. The average Bonchev–Trinajstić information content (AvgIpc) is 2.79. The Hall–Kier alpha value is -1.99. The zero-order valence-electron chi connectivity index (χ0n) is 8.93. The van der Waals surface area contributed by atoms with E-state index < -0.39 is 29.0 Å². The Kier molecular flexibility index (Phi) is 3.03. The van der Waals surface area contributed by atoms with E-state index in [1.165, 1.54) is 0 Å². The van der Waals surface area contributed by atoms with Crippen molar-refractivity contribution < 1.29 is 30.8 Å². The normalized spacial score (nSPS) is 12.7. The molecule has 0 fully saturated rings. The first-order valence-electron chi connectivity index (χ1n) is 4.79. The van der Waals surface area contributed by atoms with Crippen LogP contribution < -0.4 is 0 Å². The van der Waals surface area contributed by atoms with Gasteiger partial charge in [0.15, 0.2) is 6.26 Å². The van der Waals surface area contributed by atoms with Gasteiger partial charge in [0, 0.05) is 5.56 Å². The summed E-state index contributed by atoms with van der Waals surface area (Å²) in [6.45, 7) is 0. The number of hydrogen-bond donors (Lipinski definition) is 0. The lowest BCUT2D eigenvalue weighted by Gasteiger charge is -2.12. The first kappa shape index (κ1) is 13.4. The molecule has 2 rings (SSSR count). The fourth-order valence-electron chi connectivity index (χ4n) is 1.41. The predicted octanol–water partition coefficient (Wildman–Crippen LogP) is 4.18. The smallest absolute Gasteiger partial charge is 0.416 e. The molecular formula is C11H4F6NO. The topological polar surface area (TPSA) is 26.0 Å². The van der Waals surface area contributed by atoms with Crippen LogP contribution >= 0.6 is 0 Å². The summed E-state index contributed by atoms with van der Waals surface area (Å²) in [6, 6.07) is 1.11. The van der Waals surface area contributed by atoms with E-state index in [1.807, 2.05) is 0 Å². The van der Waals surface area contributed by atoms with Crippen molar-refractivity contribution in [1.82, 2.24) is 4.98 Å². The van der Waals surface area contributed by atoms with Crippen LogP contribution in [0.4, 0.5) is 26.3 Å². The van der Waals surface area contributed by atoms with Crippen molar-refractivity contribution >= 4 is 0 Å². The van der Waals surface area contributed by atoms with E-state index in [9.17, 15) is 26.3 Å². The minimum atomic E-state index is -4.90. The van der Waals surface area contributed by atoms with E-state index >= 15 is 0 Å². The zero-order valence-corrected chi connectivity index (χ0v) is 8.93. The van der Waals surface area contributed by atoms with Crippen molar-refractivity contribution in [3.63, 3.8) is 0 Å². The largest absolute Gasteiger partial charge is 0.433 e. The highest BCUT2D eigenvalue weighted by Gasteiger charge is 2.37. The molecular weight excluding hydrogens is 276 g/mol. The molecule has 0 saturated carbocycles. The third-order valence-corrected chi connectivity index (χ3v) is 2.22. The minimum Gasteiger partial charge on any atom is -0.433 e. The van der Waals surface area contributed by atoms with Crippen molar-refractivity contribution in [2.45, 2.75) is 12.4 Å². The van der Waals surface area contributed by atoms with Gasteiger partial charge in [0.1, 0.15) is 0 Å². The summed E-state index contributed by atoms with van der Waals surface area (Å²) in [5.74, 6) is -0.364. The molecule has 0 spiro atoms. The van der Waals surface area contributed by atoms with Crippen LogP contribution in [0.5, 0.6) is 0 Å². The molecule has 0 aliphatic carbocycles. The van der Waals surface area contributed by atoms with Gasteiger partial charge in [-0.2, -0.15) is 26.3 Å². The second-order valence-electron chi connectivity index (χ2n) is 3.58. The maximum absolute atomic E-state index is 12.6. The number of rotatable bonds is 1. The molecule has 0 bridgehead atoms. The predicted molar refractivity (Wildman–Crippen MR) is 50.8 cm³/mol. The van der Waals surface area contributed by atoms with Crippen LogP contribution in [0.1, 0.15) is 11.1 Å². The number of oxazole rings is 1. The van der Waals surface area contributed by atoms with Crippen LogP contribution in [0.25, 0.3) is 11.5 Å². The van der Waals surface area contributed by atoms with Gasteiger partial charge in [-0.05, 0) is 18.2 Å². The molecule has 1 aromatic heterocycles. The van der Waals surface area contributed by atoms with Gasteiger partial charge in [0.2, 0.25) is 5.89 Å². The molecule has 2 aromatic rings. The first-order chi connectivity index (χ1) is 8.68. The van der Waals surface area contributed by atoms with Crippen LogP contribution in [0, 0.1) is 6.26 Å². The number of alkyl halides is 6. The fourth-order valence-corrected chi connectivity index (χ4v) is 1.41. The maximum Gasteiger partial charge on any atom is 0.416 e. The Balaban J connectivity index is 2.62. The van der Waals surface area contributed by atoms with Gasteiger partial charge in [-0.3, -0.25) is 0 Å². The van der Waals surface area contributed by atoms with Crippen LogP contribution in [-0.2, 0) is 12.4 Å². The van der Waals surface area contributed by atoms with E-state index in [0.29, 0.717) is 12.1 Å². The van der Waals surface area contributed by atoms with Gasteiger partial charge >= 0.3 is 12.4 Å². The lowest BCUT2D eigenvalue weighted by Crippen LogP contribution is -2.11. The summed E-state index contributed by atoms with van der Waals surface area (Å²) < 4.78 is 79.9. The van der Waals surface area contributed by atoms with Gasteiger partial charge < -0.3 is 4.42 Å². The van der Waals surface area contributed by atoms with E-state index in [2.05, 4.69) is 15.7 Å². The number of hydrogen-bond acceptors (Lipinski definition) is 2. The summed E-state index contributed by atoms with van der Waals surface area (Å²) in [5.41, 5.74) is -3.26. The fraction of sp³-hybridized carbons (Fsp3) is 0.182. The van der Waals surface area contributed by atoms with E-state index in [-0.39, 0.29) is 12.0 Å². The van der Waals surface area contributed by atoms with Crippen LogP contribution in [0.2, 0.25) is 0 Å². The molecule has 19 heavy (non-hydrogen) atoms. The standard InChI is InChI=1S/C11H4F6NO/c12-10(13,14)7-3-6(9-18-1-2-19-9)4-8(5-7)11(15,16)17/h1,3-5H. The molecule has 0 amide bonds. The Morgan fingerprint density at radius 1 is 0.895 bits per heavy atom. The molecule has 0 aliphatic heterocycles. The molecule has 8 heteroatoms. The monoisotopic (exact) mass is 280 g/mol. The van der Waals surface area contributed by atoms with Crippen molar-refractivity contribution in [3.8, 4) is 11.5 Å². The van der Waals surface area contributed by atoms with Gasteiger partial charge in [0.25, 0.3) is 0 Å². The molecule has 2 nitrogen and oxygen atoms in total. The summed E-state index contributed by atoms with van der Waals surface area (Å²) >= 11 is 0. The third-order valence-electron chi connectivity index (χ3n) is 2.22. The van der Waals surface area contributed by atoms with Gasteiger partial charge in [0.05, 0.1) is 17.3 Å². The molecule has 0 saturated heterocycles. The van der Waals surface area contributed by atoms with Crippen LogP contribution in [0.3, 0.4) is 0 Å². The Morgan fingerprint density at radius 3 is 1.79 bits per heavy atom. The number of aromatic nitrogens is 1. The molecule has 0 N–H and O–H groups in total. The molecule has 0 aliphatic rings. The van der Waals surface area contributed by atoms with Crippen LogP contribution in [0.15, 0.2) is 28.8 Å². The number of nitrogens with zero attached hydrogens (tertiary/aromatic N) is 1. The third kappa shape index (κ3) is 2.88. The quantitative estimate of drug-likeness (QED) is 0.732. The summed E-state index contributed by atoms with van der Waals surface area (Å²) in [5, 5.41) is 0. The van der Waals surface area contributed by atoms with Crippen molar-refractivity contribution in [3.05, 3.63) is 41.8 Å². The second kappa shape index (κ2) is 4.29. The minimum absolute atomic E-state index is 0.0379. The summed E-state index contributed by atoms with van der Waals surface area (Å²) in [7, 11) is 0. The van der Waals surface area contributed by atoms with Gasteiger partial charge in [-0.1, -0.05) is 0 Å². The Labute approximate surface area is 102 Å². The summed E-state index contributed by atoms with van der Waals surface area (Å²) in [6.07, 6.45) is -6.69. The lowest BCUT2D eigenvalue weighted by molar-refractivity contribution is -0.143. The lowest BCUT2D eigenvalue weighted by atomic mass is 10.0. The van der Waals surface area contributed by atoms with E-state index in [1.54, 1.807) is 0 Å². The zero-order chi connectivity index (χ0) is 14.3. The number of benzene rings is 1. The molecule has 1 aromatic carbocycles. The maximum atomic E-state index is 12.6. The number of halogens is 6. The highest BCUT2D eigenvalue weighted by atomic mass is 19.4. The van der Waals surface area contributed by atoms with Crippen molar-refractivity contribution in [2.24, 2.45) is 0 Å². The van der Waals surface area contributed by atoms with E-state index in [4.69, 9.17) is 0 Å². The Morgan fingerprint density at radius 2 is 1.42 bits per heavy atom. The van der Waals surface area contributed by atoms with Gasteiger partial charge in [-0.25, -0.2) is 4.98 Å². The highest BCUT2D eigenvalue weighted by Crippen LogP contribution is 2.38. The first-order valence-corrected chi connectivity index (χ1v) is 4.79. The second-order valence-corrected chi connectivity index (χ2v) is 3.58. The van der Waals surface area contributed by atoms with Crippen molar-refractivity contribution in [2.75, 3.05) is 0 Å². The SMILES string of the molecule is FC(F)(F)c1cc(-c2nc[c]o2)cc(C(F)(F)F)c1. The van der Waals surface area contributed by atoms with E-state index in [0.717, 1.165) is 6.20 Å². The molecule has 1 radical (unpaired) electrons. The molecule has 0 atom stereocenters. The highest BCUT2D eigenvalue weighted by molar-refractivity contribution is 5.57. The Bertz CT molecular complexity index is 538.